The fraction of sp³-hybridized carbons (Fsp3) is 0.706. The maximum atomic E-state index is 12.2. The molecule has 2 heterocycles. The zero-order valence-electron chi connectivity index (χ0n) is 13.9. The van der Waals surface area contributed by atoms with E-state index < -0.39 is 11.2 Å². The van der Waals surface area contributed by atoms with Crippen molar-refractivity contribution in [2.45, 2.75) is 63.5 Å². The lowest BCUT2D eigenvalue weighted by Crippen LogP contribution is -2.34. The van der Waals surface area contributed by atoms with Gasteiger partial charge in [-0.15, -0.1) is 0 Å². The summed E-state index contributed by atoms with van der Waals surface area (Å²) in [6, 6.07) is -0.0674. The van der Waals surface area contributed by atoms with E-state index >= 15 is 0 Å². The topological polar surface area (TPSA) is 96.7 Å². The van der Waals surface area contributed by atoms with Crippen LogP contribution in [0.1, 0.15) is 63.0 Å². The lowest BCUT2D eigenvalue weighted by molar-refractivity contribution is 0.118. The molecule has 0 bridgehead atoms. The largest absolute Gasteiger partial charge is 0.494 e. The molecule has 1 unspecified atom stereocenters. The molecule has 1 saturated heterocycles. The van der Waals surface area contributed by atoms with Crippen LogP contribution in [0.25, 0.3) is 0 Å². The number of aromatic amines is 1. The van der Waals surface area contributed by atoms with Crippen LogP contribution in [-0.2, 0) is 4.74 Å². The first-order valence-electron chi connectivity index (χ1n) is 8.86. The molecule has 2 fully saturated rings. The molecule has 1 aromatic rings. The van der Waals surface area contributed by atoms with Gasteiger partial charge >= 0.3 is 5.69 Å². The van der Waals surface area contributed by atoms with Crippen LogP contribution in [0.4, 0.5) is 0 Å². The van der Waals surface area contributed by atoms with Gasteiger partial charge in [-0.3, -0.25) is 19.3 Å². The number of ether oxygens (including phenoxy) is 1. The predicted octanol–water partition coefficient (Wildman–Crippen LogP) is 1.74. The molecule has 3 rings (SSSR count). The number of H-pyrrole nitrogens is 1. The minimum atomic E-state index is -0.599. The van der Waals surface area contributed by atoms with Gasteiger partial charge < -0.3 is 9.84 Å². The van der Waals surface area contributed by atoms with Crippen molar-refractivity contribution in [2.24, 2.45) is 4.99 Å². The van der Waals surface area contributed by atoms with Crippen LogP contribution < -0.4 is 11.2 Å². The molecule has 0 spiro atoms. The van der Waals surface area contributed by atoms with E-state index in [1.807, 2.05) is 0 Å². The Morgan fingerprint density at radius 2 is 1.92 bits per heavy atom. The average Bonchev–Trinajstić information content (AvgIpc) is 2.92. The van der Waals surface area contributed by atoms with Gasteiger partial charge in [0.1, 0.15) is 5.56 Å². The summed E-state index contributed by atoms with van der Waals surface area (Å²) < 4.78 is 6.82. The molecule has 2 aliphatic rings. The van der Waals surface area contributed by atoms with Gasteiger partial charge in [0.25, 0.3) is 5.56 Å². The monoisotopic (exact) mass is 335 g/mol. The molecule has 0 aromatic carbocycles. The van der Waals surface area contributed by atoms with Crippen molar-refractivity contribution in [3.05, 3.63) is 26.4 Å². The van der Waals surface area contributed by atoms with E-state index in [2.05, 4.69) is 9.98 Å². The van der Waals surface area contributed by atoms with E-state index in [9.17, 15) is 14.7 Å². The van der Waals surface area contributed by atoms with Crippen LogP contribution in [-0.4, -0.2) is 40.1 Å². The molecule has 132 valence electrons. The minimum absolute atomic E-state index is 0.0526. The van der Waals surface area contributed by atoms with Crippen LogP contribution in [0.5, 0.6) is 5.88 Å². The maximum Gasteiger partial charge on any atom is 0.331 e. The van der Waals surface area contributed by atoms with Crippen molar-refractivity contribution in [3.63, 3.8) is 0 Å². The first kappa shape index (κ1) is 17.0. The number of aromatic nitrogens is 2. The highest BCUT2D eigenvalue weighted by atomic mass is 16.5. The maximum absolute atomic E-state index is 12.2. The Balaban J connectivity index is 1.85. The quantitative estimate of drug-likeness (QED) is 0.647. The Bertz CT molecular complexity index is 693. The van der Waals surface area contributed by atoms with Gasteiger partial charge in [0.15, 0.2) is 0 Å². The lowest BCUT2D eigenvalue weighted by Gasteiger charge is -2.19. The summed E-state index contributed by atoms with van der Waals surface area (Å²) in [5, 5.41) is 10.5. The minimum Gasteiger partial charge on any atom is -0.494 e. The summed E-state index contributed by atoms with van der Waals surface area (Å²) >= 11 is 0. The standard InChI is InChI=1S/C17H25N3O4/c21-15-14(11-18-10-13-8-5-9-24-13)16(22)20(17(23)19-15)12-6-3-1-2-4-7-12/h11-13,22H,1-10H2,(H,19,21,23). The molecule has 0 amide bonds. The van der Waals surface area contributed by atoms with E-state index in [4.69, 9.17) is 4.74 Å². The van der Waals surface area contributed by atoms with E-state index in [1.165, 1.54) is 10.8 Å². The first-order chi connectivity index (χ1) is 11.7. The molecule has 7 nitrogen and oxygen atoms in total. The summed E-state index contributed by atoms with van der Waals surface area (Å²) in [6.45, 7) is 1.21. The highest BCUT2D eigenvalue weighted by molar-refractivity contribution is 5.81. The summed E-state index contributed by atoms with van der Waals surface area (Å²) in [6.07, 6.45) is 9.45. The molecule has 24 heavy (non-hydrogen) atoms. The highest BCUT2D eigenvalue weighted by Crippen LogP contribution is 2.28. The number of hydrogen-bond donors (Lipinski definition) is 2. The number of nitrogens with zero attached hydrogens (tertiary/aromatic N) is 2. The van der Waals surface area contributed by atoms with Crippen molar-refractivity contribution < 1.29 is 9.84 Å². The van der Waals surface area contributed by atoms with Gasteiger partial charge in [0.2, 0.25) is 5.88 Å². The predicted molar refractivity (Wildman–Crippen MR) is 91.2 cm³/mol. The molecule has 0 radical (unpaired) electrons. The molecular formula is C17H25N3O4. The fourth-order valence-electron chi connectivity index (χ4n) is 3.57. The fourth-order valence-corrected chi connectivity index (χ4v) is 3.57. The van der Waals surface area contributed by atoms with Gasteiger partial charge in [0, 0.05) is 18.9 Å². The molecular weight excluding hydrogens is 310 g/mol. The van der Waals surface area contributed by atoms with Crippen molar-refractivity contribution in [3.8, 4) is 5.88 Å². The van der Waals surface area contributed by atoms with Crippen LogP contribution in [0.3, 0.4) is 0 Å². The van der Waals surface area contributed by atoms with Crippen LogP contribution in [0, 0.1) is 0 Å². The zero-order chi connectivity index (χ0) is 16.9. The molecule has 1 atom stereocenters. The first-order valence-corrected chi connectivity index (χ1v) is 8.86. The average molecular weight is 335 g/mol. The Morgan fingerprint density at radius 3 is 2.58 bits per heavy atom. The molecule has 1 aliphatic heterocycles. The van der Waals surface area contributed by atoms with E-state index in [0.717, 1.165) is 58.0 Å². The van der Waals surface area contributed by atoms with Crippen LogP contribution >= 0.6 is 0 Å². The Hall–Kier alpha value is -1.89. The van der Waals surface area contributed by atoms with Crippen LogP contribution in [0.15, 0.2) is 14.6 Å². The third-order valence-electron chi connectivity index (χ3n) is 4.90. The molecule has 2 N–H and O–H groups in total. The molecule has 7 heteroatoms. The number of aliphatic imine (C=N–C) groups is 1. The summed E-state index contributed by atoms with van der Waals surface area (Å²) in [5.74, 6) is -0.272. The van der Waals surface area contributed by atoms with E-state index in [0.29, 0.717) is 6.54 Å². The molecule has 1 aromatic heterocycles. The Morgan fingerprint density at radius 1 is 1.17 bits per heavy atom. The number of rotatable bonds is 4. The van der Waals surface area contributed by atoms with Gasteiger partial charge in [-0.05, 0) is 25.7 Å². The summed E-state index contributed by atoms with van der Waals surface area (Å²) in [7, 11) is 0. The zero-order valence-corrected chi connectivity index (χ0v) is 13.9. The second-order valence-electron chi connectivity index (χ2n) is 6.64. The van der Waals surface area contributed by atoms with Crippen molar-refractivity contribution in [2.75, 3.05) is 13.2 Å². The van der Waals surface area contributed by atoms with Crippen LogP contribution in [0.2, 0.25) is 0 Å². The van der Waals surface area contributed by atoms with E-state index in [-0.39, 0.29) is 23.6 Å². The third-order valence-corrected chi connectivity index (χ3v) is 4.90. The SMILES string of the molecule is O=c1[nH]c(=O)n(C2CCCCCC2)c(O)c1C=NCC1CCCO1. The van der Waals surface area contributed by atoms with Gasteiger partial charge in [0.05, 0.1) is 12.6 Å². The third kappa shape index (κ3) is 3.77. The van der Waals surface area contributed by atoms with Crippen molar-refractivity contribution >= 4 is 6.21 Å². The van der Waals surface area contributed by atoms with Gasteiger partial charge in [-0.2, -0.15) is 0 Å². The van der Waals surface area contributed by atoms with E-state index in [1.54, 1.807) is 0 Å². The van der Waals surface area contributed by atoms with Crippen molar-refractivity contribution in [1.29, 1.82) is 0 Å². The number of aromatic hydroxyl groups is 1. The lowest BCUT2D eigenvalue weighted by atomic mass is 10.1. The highest BCUT2D eigenvalue weighted by Gasteiger charge is 2.21. The smallest absolute Gasteiger partial charge is 0.331 e. The normalized spacial score (nSPS) is 22.9. The second kappa shape index (κ2) is 7.79. The number of hydrogen-bond acceptors (Lipinski definition) is 5. The Labute approximate surface area is 140 Å². The van der Waals surface area contributed by atoms with Crippen molar-refractivity contribution in [1.82, 2.24) is 9.55 Å². The molecule has 1 aliphatic carbocycles. The molecule has 1 saturated carbocycles. The van der Waals surface area contributed by atoms with Gasteiger partial charge in [-0.1, -0.05) is 25.7 Å². The Kier molecular flexibility index (Phi) is 5.50. The summed E-state index contributed by atoms with van der Waals surface area (Å²) in [5.41, 5.74) is -1.09. The number of nitrogens with one attached hydrogen (secondary N) is 1. The van der Waals surface area contributed by atoms with Gasteiger partial charge in [-0.25, -0.2) is 4.79 Å². The summed E-state index contributed by atoms with van der Waals surface area (Å²) in [4.78, 5) is 30.8. The second-order valence-corrected chi connectivity index (χ2v) is 6.64.